The van der Waals surface area contributed by atoms with E-state index in [1.54, 1.807) is 0 Å². The average Bonchev–Trinajstić information content (AvgIpc) is 2.87. The third-order valence-electron chi connectivity index (χ3n) is 3.01. The Hall–Kier alpha value is -1.72. The van der Waals surface area contributed by atoms with Crippen molar-refractivity contribution < 1.29 is 4.79 Å². The molecule has 2 unspecified atom stereocenters. The summed E-state index contributed by atoms with van der Waals surface area (Å²) in [6.45, 7) is 3.63. The van der Waals surface area contributed by atoms with Gasteiger partial charge in [-0.05, 0) is 6.92 Å². The second-order valence-electron chi connectivity index (χ2n) is 4.54. The van der Waals surface area contributed by atoms with Gasteiger partial charge in [0.2, 0.25) is 5.91 Å². The molecule has 5 heteroatoms. The standard InChI is InChI=1S/C14H17N3OS/c1-9(10(2)15)13(18)17-14-16-12(8-19-14)11-6-4-3-5-7-11/h3-10H,15H2,1-2H3,(H,16,17,18). The van der Waals surface area contributed by atoms with Gasteiger partial charge in [0.15, 0.2) is 5.13 Å². The lowest BCUT2D eigenvalue weighted by molar-refractivity contribution is -0.119. The smallest absolute Gasteiger partial charge is 0.230 e. The molecule has 0 aliphatic rings. The molecule has 1 aromatic heterocycles. The Morgan fingerprint density at radius 1 is 1.32 bits per heavy atom. The number of amides is 1. The second-order valence-corrected chi connectivity index (χ2v) is 5.40. The van der Waals surface area contributed by atoms with Crippen LogP contribution in [0.2, 0.25) is 0 Å². The average molecular weight is 275 g/mol. The minimum atomic E-state index is -0.232. The highest BCUT2D eigenvalue weighted by atomic mass is 32.1. The van der Waals surface area contributed by atoms with E-state index in [-0.39, 0.29) is 17.9 Å². The van der Waals surface area contributed by atoms with Gasteiger partial charge in [-0.3, -0.25) is 4.79 Å². The van der Waals surface area contributed by atoms with Crippen molar-refractivity contribution >= 4 is 22.4 Å². The predicted molar refractivity (Wildman–Crippen MR) is 79.0 cm³/mol. The highest BCUT2D eigenvalue weighted by molar-refractivity contribution is 7.14. The van der Waals surface area contributed by atoms with Gasteiger partial charge in [-0.25, -0.2) is 4.98 Å². The van der Waals surface area contributed by atoms with Crippen LogP contribution in [-0.4, -0.2) is 16.9 Å². The molecule has 0 radical (unpaired) electrons. The first-order valence-corrected chi connectivity index (χ1v) is 7.03. The Balaban J connectivity index is 2.08. The number of nitrogens with two attached hydrogens (primary N) is 1. The summed E-state index contributed by atoms with van der Waals surface area (Å²) in [4.78, 5) is 16.3. The van der Waals surface area contributed by atoms with Crippen molar-refractivity contribution in [2.45, 2.75) is 19.9 Å². The Kier molecular flexibility index (Phi) is 4.29. The minimum absolute atomic E-state index is 0.0936. The lowest BCUT2D eigenvalue weighted by Gasteiger charge is -2.13. The van der Waals surface area contributed by atoms with Crippen LogP contribution in [0.3, 0.4) is 0 Å². The maximum atomic E-state index is 11.9. The molecule has 19 heavy (non-hydrogen) atoms. The summed E-state index contributed by atoms with van der Waals surface area (Å²) in [5.74, 6) is -0.326. The Bertz CT molecular complexity index is 551. The highest BCUT2D eigenvalue weighted by Gasteiger charge is 2.18. The molecule has 3 N–H and O–H groups in total. The third kappa shape index (κ3) is 3.39. The van der Waals surface area contributed by atoms with E-state index in [1.165, 1.54) is 11.3 Å². The van der Waals surface area contributed by atoms with Crippen molar-refractivity contribution in [3.05, 3.63) is 35.7 Å². The first kappa shape index (κ1) is 13.7. The van der Waals surface area contributed by atoms with Gasteiger partial charge in [0.1, 0.15) is 0 Å². The van der Waals surface area contributed by atoms with E-state index in [4.69, 9.17) is 5.73 Å². The van der Waals surface area contributed by atoms with Gasteiger partial charge in [-0.15, -0.1) is 11.3 Å². The third-order valence-corrected chi connectivity index (χ3v) is 3.76. The summed E-state index contributed by atoms with van der Waals surface area (Å²) in [5, 5.41) is 5.34. The number of carbonyl (C=O) groups excluding carboxylic acids is 1. The molecule has 2 atom stereocenters. The number of nitrogens with zero attached hydrogens (tertiary/aromatic N) is 1. The maximum absolute atomic E-state index is 11.9. The van der Waals surface area contributed by atoms with Crippen LogP contribution in [0.15, 0.2) is 35.7 Å². The number of aromatic nitrogens is 1. The zero-order valence-corrected chi connectivity index (χ0v) is 11.8. The number of benzene rings is 1. The molecule has 0 bridgehead atoms. The van der Waals surface area contributed by atoms with Crippen LogP contribution in [0.4, 0.5) is 5.13 Å². The van der Waals surface area contributed by atoms with Crippen molar-refractivity contribution in [1.82, 2.24) is 4.98 Å². The maximum Gasteiger partial charge on any atom is 0.230 e. The Labute approximate surface area is 116 Å². The van der Waals surface area contributed by atoms with Gasteiger partial charge in [0.25, 0.3) is 0 Å². The van der Waals surface area contributed by atoms with Crippen molar-refractivity contribution in [3.63, 3.8) is 0 Å². The molecule has 4 nitrogen and oxygen atoms in total. The van der Waals surface area contributed by atoms with E-state index < -0.39 is 0 Å². The Morgan fingerprint density at radius 3 is 2.63 bits per heavy atom. The number of hydrogen-bond acceptors (Lipinski definition) is 4. The zero-order valence-electron chi connectivity index (χ0n) is 11.0. The molecule has 1 amide bonds. The summed E-state index contributed by atoms with van der Waals surface area (Å²) in [5.41, 5.74) is 7.62. The summed E-state index contributed by atoms with van der Waals surface area (Å²) in [7, 11) is 0. The van der Waals surface area contributed by atoms with Crippen molar-refractivity contribution in [1.29, 1.82) is 0 Å². The monoisotopic (exact) mass is 275 g/mol. The van der Waals surface area contributed by atoms with Gasteiger partial charge in [-0.1, -0.05) is 37.3 Å². The van der Waals surface area contributed by atoms with Crippen molar-refractivity contribution in [3.8, 4) is 11.3 Å². The normalized spacial score (nSPS) is 13.8. The van der Waals surface area contributed by atoms with Crippen LogP contribution in [0.25, 0.3) is 11.3 Å². The SMILES string of the molecule is CC(N)C(C)C(=O)Nc1nc(-c2ccccc2)cs1. The summed E-state index contributed by atoms with van der Waals surface area (Å²) in [6, 6.07) is 9.70. The summed E-state index contributed by atoms with van der Waals surface area (Å²) >= 11 is 1.42. The molecule has 0 saturated carbocycles. The lowest BCUT2D eigenvalue weighted by Crippen LogP contribution is -2.34. The number of nitrogens with one attached hydrogen (secondary N) is 1. The first-order valence-electron chi connectivity index (χ1n) is 6.15. The van der Waals surface area contributed by atoms with Gasteiger partial charge in [0, 0.05) is 17.0 Å². The van der Waals surface area contributed by atoms with E-state index in [9.17, 15) is 4.79 Å². The zero-order chi connectivity index (χ0) is 13.8. The molecule has 2 aromatic rings. The molecule has 0 fully saturated rings. The van der Waals surface area contributed by atoms with Crippen LogP contribution in [0, 0.1) is 5.92 Å². The fraction of sp³-hybridized carbons (Fsp3) is 0.286. The quantitative estimate of drug-likeness (QED) is 0.901. The molecule has 0 spiro atoms. The number of anilines is 1. The van der Waals surface area contributed by atoms with Gasteiger partial charge >= 0.3 is 0 Å². The second kappa shape index (κ2) is 5.95. The molecule has 0 saturated heterocycles. The topological polar surface area (TPSA) is 68.0 Å². The lowest BCUT2D eigenvalue weighted by atomic mass is 10.0. The first-order chi connectivity index (χ1) is 9.08. The van der Waals surface area contributed by atoms with Crippen LogP contribution in [-0.2, 0) is 4.79 Å². The van der Waals surface area contributed by atoms with Crippen molar-refractivity contribution in [2.75, 3.05) is 5.32 Å². The molecule has 100 valence electrons. The molecular formula is C14H17N3OS. The number of rotatable bonds is 4. The molecular weight excluding hydrogens is 258 g/mol. The van der Waals surface area contributed by atoms with E-state index >= 15 is 0 Å². The van der Waals surface area contributed by atoms with E-state index in [0.29, 0.717) is 5.13 Å². The number of carbonyl (C=O) groups is 1. The fourth-order valence-electron chi connectivity index (χ4n) is 1.53. The summed E-state index contributed by atoms with van der Waals surface area (Å²) in [6.07, 6.45) is 0. The van der Waals surface area contributed by atoms with Gasteiger partial charge < -0.3 is 11.1 Å². The molecule has 0 aliphatic heterocycles. The molecule has 2 rings (SSSR count). The molecule has 1 aromatic carbocycles. The minimum Gasteiger partial charge on any atom is -0.327 e. The molecule has 0 aliphatic carbocycles. The Morgan fingerprint density at radius 2 is 2.00 bits per heavy atom. The summed E-state index contributed by atoms with van der Waals surface area (Å²) < 4.78 is 0. The molecule has 1 heterocycles. The van der Waals surface area contributed by atoms with Crippen LogP contribution >= 0.6 is 11.3 Å². The van der Waals surface area contributed by atoms with E-state index in [0.717, 1.165) is 11.3 Å². The van der Waals surface area contributed by atoms with Crippen LogP contribution < -0.4 is 11.1 Å². The predicted octanol–water partition coefficient (Wildman–Crippen LogP) is 2.73. The number of thiazole rings is 1. The van der Waals surface area contributed by atoms with Gasteiger partial charge in [0.05, 0.1) is 11.6 Å². The van der Waals surface area contributed by atoms with Crippen LogP contribution in [0.1, 0.15) is 13.8 Å². The highest BCUT2D eigenvalue weighted by Crippen LogP contribution is 2.24. The van der Waals surface area contributed by atoms with E-state index in [1.807, 2.05) is 49.6 Å². The van der Waals surface area contributed by atoms with Crippen LogP contribution in [0.5, 0.6) is 0 Å². The number of hydrogen-bond donors (Lipinski definition) is 2. The largest absolute Gasteiger partial charge is 0.327 e. The van der Waals surface area contributed by atoms with Gasteiger partial charge in [-0.2, -0.15) is 0 Å². The van der Waals surface area contributed by atoms with E-state index in [2.05, 4.69) is 10.3 Å². The fourth-order valence-corrected chi connectivity index (χ4v) is 2.25. The van der Waals surface area contributed by atoms with Crippen molar-refractivity contribution in [2.24, 2.45) is 11.7 Å².